The standard InChI is InChI=1S/C16H22N4OS/c1-5-11(2)17-16(22)18-14-12(3)19(4)20(15(14)21)13-9-7-6-8-10-13/h6-11H,5H2,1-4H3,(H2,17,18,22)/t11-/m0/s1. The maximum atomic E-state index is 12.7. The Morgan fingerprint density at radius 2 is 1.95 bits per heavy atom. The van der Waals surface area contributed by atoms with Gasteiger partial charge in [0.25, 0.3) is 5.56 Å². The number of hydrogen-bond donors (Lipinski definition) is 2. The van der Waals surface area contributed by atoms with Gasteiger partial charge in [0, 0.05) is 13.1 Å². The predicted molar refractivity (Wildman–Crippen MR) is 94.9 cm³/mol. The molecule has 0 bridgehead atoms. The topological polar surface area (TPSA) is 51.0 Å². The average Bonchev–Trinajstić information content (AvgIpc) is 2.72. The van der Waals surface area contributed by atoms with E-state index in [1.54, 1.807) is 4.68 Å². The number of thiocarbonyl (C=S) groups is 1. The van der Waals surface area contributed by atoms with Crippen molar-refractivity contribution >= 4 is 23.0 Å². The summed E-state index contributed by atoms with van der Waals surface area (Å²) < 4.78 is 3.45. The van der Waals surface area contributed by atoms with Crippen molar-refractivity contribution in [2.75, 3.05) is 5.32 Å². The molecule has 1 heterocycles. The number of aromatic nitrogens is 2. The van der Waals surface area contributed by atoms with Crippen molar-refractivity contribution in [1.82, 2.24) is 14.7 Å². The molecule has 0 fully saturated rings. The van der Waals surface area contributed by atoms with E-state index in [0.717, 1.165) is 17.8 Å². The number of benzene rings is 1. The molecule has 0 aliphatic rings. The minimum atomic E-state index is -0.112. The van der Waals surface area contributed by atoms with E-state index in [-0.39, 0.29) is 11.6 Å². The SMILES string of the molecule is CC[C@H](C)NC(=S)Nc1c(C)n(C)n(-c2ccccc2)c1=O. The molecule has 118 valence electrons. The Bertz CT molecular complexity index is 718. The molecule has 1 atom stereocenters. The molecule has 1 aromatic heterocycles. The number of rotatable bonds is 4. The van der Waals surface area contributed by atoms with Gasteiger partial charge in [0.05, 0.1) is 11.4 Å². The van der Waals surface area contributed by atoms with Crippen molar-refractivity contribution in [2.45, 2.75) is 33.2 Å². The minimum absolute atomic E-state index is 0.112. The lowest BCUT2D eigenvalue weighted by Gasteiger charge is -2.14. The van der Waals surface area contributed by atoms with Crippen LogP contribution in [0, 0.1) is 6.92 Å². The molecule has 2 aromatic rings. The fourth-order valence-corrected chi connectivity index (χ4v) is 2.49. The molecule has 2 N–H and O–H groups in total. The van der Waals surface area contributed by atoms with Crippen LogP contribution in [-0.2, 0) is 7.05 Å². The van der Waals surface area contributed by atoms with Gasteiger partial charge in [-0.2, -0.15) is 0 Å². The molecule has 1 aromatic carbocycles. The second-order valence-corrected chi connectivity index (χ2v) is 5.75. The van der Waals surface area contributed by atoms with Crippen LogP contribution in [0.2, 0.25) is 0 Å². The summed E-state index contributed by atoms with van der Waals surface area (Å²) in [6, 6.07) is 9.81. The van der Waals surface area contributed by atoms with Gasteiger partial charge in [-0.3, -0.25) is 9.48 Å². The normalized spacial score (nSPS) is 12.0. The third-order valence-corrected chi connectivity index (χ3v) is 4.00. The molecule has 0 saturated heterocycles. The van der Waals surface area contributed by atoms with Crippen LogP contribution in [0.3, 0.4) is 0 Å². The quantitative estimate of drug-likeness (QED) is 0.851. The van der Waals surface area contributed by atoms with Crippen molar-refractivity contribution in [3.63, 3.8) is 0 Å². The van der Waals surface area contributed by atoms with Crippen LogP contribution in [0.4, 0.5) is 5.69 Å². The average molecular weight is 318 g/mol. The Labute approximate surface area is 135 Å². The van der Waals surface area contributed by atoms with E-state index in [2.05, 4.69) is 17.6 Å². The molecular weight excluding hydrogens is 296 g/mol. The summed E-state index contributed by atoms with van der Waals surface area (Å²) in [5.74, 6) is 0. The van der Waals surface area contributed by atoms with Crippen molar-refractivity contribution < 1.29 is 0 Å². The van der Waals surface area contributed by atoms with E-state index in [9.17, 15) is 4.79 Å². The number of nitrogens with one attached hydrogen (secondary N) is 2. The summed E-state index contributed by atoms with van der Waals surface area (Å²) in [5.41, 5.74) is 2.06. The van der Waals surface area contributed by atoms with E-state index in [1.165, 1.54) is 0 Å². The van der Waals surface area contributed by atoms with Gasteiger partial charge in [0.1, 0.15) is 5.69 Å². The second kappa shape index (κ2) is 6.79. The number of nitrogens with zero attached hydrogens (tertiary/aromatic N) is 2. The van der Waals surface area contributed by atoms with Crippen LogP contribution in [0.25, 0.3) is 5.69 Å². The first-order valence-electron chi connectivity index (χ1n) is 7.37. The lowest BCUT2D eigenvalue weighted by Crippen LogP contribution is -2.36. The zero-order chi connectivity index (χ0) is 16.3. The van der Waals surface area contributed by atoms with E-state index < -0.39 is 0 Å². The first-order valence-corrected chi connectivity index (χ1v) is 7.78. The van der Waals surface area contributed by atoms with E-state index in [1.807, 2.05) is 55.9 Å². The molecule has 0 radical (unpaired) electrons. The molecule has 5 nitrogen and oxygen atoms in total. The van der Waals surface area contributed by atoms with Crippen molar-refractivity contribution in [1.29, 1.82) is 0 Å². The van der Waals surface area contributed by atoms with Crippen LogP contribution in [0.5, 0.6) is 0 Å². The summed E-state index contributed by atoms with van der Waals surface area (Å²) in [6.45, 7) is 6.03. The highest BCUT2D eigenvalue weighted by molar-refractivity contribution is 7.80. The zero-order valence-electron chi connectivity index (χ0n) is 13.4. The first-order chi connectivity index (χ1) is 10.5. The maximum Gasteiger partial charge on any atom is 0.295 e. The summed E-state index contributed by atoms with van der Waals surface area (Å²) in [5, 5.41) is 6.68. The second-order valence-electron chi connectivity index (χ2n) is 5.34. The number of hydrogen-bond acceptors (Lipinski definition) is 2. The third kappa shape index (κ3) is 3.22. The van der Waals surface area contributed by atoms with Crippen molar-refractivity contribution in [3.05, 3.63) is 46.4 Å². The van der Waals surface area contributed by atoms with Gasteiger partial charge in [0.15, 0.2) is 5.11 Å². The Morgan fingerprint density at radius 3 is 2.55 bits per heavy atom. The summed E-state index contributed by atoms with van der Waals surface area (Å²) in [4.78, 5) is 12.7. The molecule has 0 amide bonds. The van der Waals surface area contributed by atoms with Crippen LogP contribution in [-0.4, -0.2) is 20.5 Å². The predicted octanol–water partition coefficient (Wildman–Crippen LogP) is 2.57. The fourth-order valence-electron chi connectivity index (χ4n) is 2.19. The molecule has 22 heavy (non-hydrogen) atoms. The highest BCUT2D eigenvalue weighted by Gasteiger charge is 2.17. The van der Waals surface area contributed by atoms with Gasteiger partial charge in [-0.25, -0.2) is 4.68 Å². The maximum absolute atomic E-state index is 12.7. The molecule has 0 aliphatic carbocycles. The molecular formula is C16H22N4OS. The van der Waals surface area contributed by atoms with Crippen LogP contribution in [0.15, 0.2) is 35.1 Å². The fraction of sp³-hybridized carbons (Fsp3) is 0.375. The first kappa shape index (κ1) is 16.3. The zero-order valence-corrected chi connectivity index (χ0v) is 14.2. The Morgan fingerprint density at radius 1 is 1.32 bits per heavy atom. The minimum Gasteiger partial charge on any atom is -0.360 e. The number of anilines is 1. The van der Waals surface area contributed by atoms with E-state index in [0.29, 0.717) is 10.8 Å². The highest BCUT2D eigenvalue weighted by atomic mass is 32.1. The van der Waals surface area contributed by atoms with Crippen molar-refractivity contribution in [3.8, 4) is 5.69 Å². The van der Waals surface area contributed by atoms with Gasteiger partial charge < -0.3 is 10.6 Å². The summed E-state index contributed by atoms with van der Waals surface area (Å²) >= 11 is 5.29. The molecule has 0 saturated carbocycles. The molecule has 0 spiro atoms. The smallest absolute Gasteiger partial charge is 0.295 e. The van der Waals surface area contributed by atoms with E-state index in [4.69, 9.17) is 12.2 Å². The van der Waals surface area contributed by atoms with Crippen LogP contribution >= 0.6 is 12.2 Å². The monoisotopic (exact) mass is 318 g/mol. The Kier molecular flexibility index (Phi) is 5.03. The molecule has 0 aliphatic heterocycles. The van der Waals surface area contributed by atoms with Crippen molar-refractivity contribution in [2.24, 2.45) is 7.05 Å². The Hall–Kier alpha value is -2.08. The summed E-state index contributed by atoms with van der Waals surface area (Å²) in [7, 11) is 1.86. The van der Waals surface area contributed by atoms with Crippen LogP contribution in [0.1, 0.15) is 26.0 Å². The molecule has 0 unspecified atom stereocenters. The molecule has 6 heteroatoms. The van der Waals surface area contributed by atoms with Gasteiger partial charge in [-0.05, 0) is 44.6 Å². The lowest BCUT2D eigenvalue weighted by atomic mass is 10.3. The highest BCUT2D eigenvalue weighted by Crippen LogP contribution is 2.13. The number of para-hydroxylation sites is 1. The largest absolute Gasteiger partial charge is 0.360 e. The Balaban J connectivity index is 2.35. The van der Waals surface area contributed by atoms with Gasteiger partial charge >= 0.3 is 0 Å². The van der Waals surface area contributed by atoms with Gasteiger partial charge in [0.2, 0.25) is 0 Å². The van der Waals surface area contributed by atoms with Gasteiger partial charge in [-0.15, -0.1) is 0 Å². The van der Waals surface area contributed by atoms with Crippen LogP contribution < -0.4 is 16.2 Å². The van der Waals surface area contributed by atoms with Gasteiger partial charge in [-0.1, -0.05) is 25.1 Å². The third-order valence-electron chi connectivity index (χ3n) is 3.78. The van der Waals surface area contributed by atoms with E-state index >= 15 is 0 Å². The molecule has 2 rings (SSSR count). The summed E-state index contributed by atoms with van der Waals surface area (Å²) in [6.07, 6.45) is 0.962. The lowest BCUT2D eigenvalue weighted by molar-refractivity contribution is 0.630.